The van der Waals surface area contributed by atoms with Crippen molar-refractivity contribution in [2.24, 2.45) is 27.1 Å². The molecule has 5 aliphatic rings. The summed E-state index contributed by atoms with van der Waals surface area (Å²) in [4.78, 5) is 21.1. The van der Waals surface area contributed by atoms with Crippen molar-refractivity contribution in [2.45, 2.75) is 256 Å². The highest BCUT2D eigenvalue weighted by Crippen LogP contribution is 2.56. The van der Waals surface area contributed by atoms with E-state index in [1.54, 1.807) is 22.8 Å². The number of benzene rings is 3. The van der Waals surface area contributed by atoms with Gasteiger partial charge in [-0.1, -0.05) is 337 Å². The number of hydrogen-bond donors (Lipinski definition) is 0. The quantitative estimate of drug-likeness (QED) is 0.0367. The van der Waals surface area contributed by atoms with Crippen LogP contribution in [0.4, 0.5) is 0 Å². The molecule has 3 aromatic carbocycles. The highest BCUT2D eigenvalue weighted by molar-refractivity contribution is 7.95. The molecule has 3 aromatic rings. The van der Waals surface area contributed by atoms with Crippen LogP contribution in [0.5, 0.6) is 0 Å². The molecule has 0 amide bonds. The molecule has 0 saturated carbocycles. The van der Waals surface area contributed by atoms with Crippen LogP contribution in [-0.2, 0) is 9.59 Å². The van der Waals surface area contributed by atoms with Crippen LogP contribution in [0.15, 0.2) is 349 Å². The average molecular weight is 1590 g/mol. The van der Waals surface area contributed by atoms with Gasteiger partial charge in [0.1, 0.15) is 35.7 Å². The zero-order valence-corrected chi connectivity index (χ0v) is 76.3. The van der Waals surface area contributed by atoms with Crippen LogP contribution < -0.4 is 32.9 Å². The van der Waals surface area contributed by atoms with Gasteiger partial charge in [-0.15, -0.1) is 0 Å². The Labute approximate surface area is 695 Å². The summed E-state index contributed by atoms with van der Waals surface area (Å²) in [6.45, 7) is 51.5. The van der Waals surface area contributed by atoms with E-state index in [-0.39, 0.29) is 33.2 Å². The molecular weight excluding hydrogens is 1440 g/mol. The molecule has 0 unspecified atom stereocenters. The summed E-state index contributed by atoms with van der Waals surface area (Å²) in [7, 11) is -1.85. The fourth-order valence-electron chi connectivity index (χ4n) is 16.3. The third kappa shape index (κ3) is 31.9. The minimum Gasteiger partial charge on any atom is -1.00 e. The Morgan fingerprint density at radius 1 is 0.304 bits per heavy atom. The molecule has 0 radical (unpaired) electrons. The number of rotatable bonds is 25. The molecular formula is C108H144BrO2P. The summed E-state index contributed by atoms with van der Waals surface area (Å²) in [5, 5.41) is 4.27. The third-order valence-electron chi connectivity index (χ3n) is 23.2. The third-order valence-corrected chi connectivity index (χ3v) is 27.5. The first-order valence-corrected chi connectivity index (χ1v) is 43.5. The van der Waals surface area contributed by atoms with Crippen molar-refractivity contribution in [1.29, 1.82) is 0 Å². The number of aldehydes is 2. The van der Waals surface area contributed by atoms with Gasteiger partial charge in [-0.3, -0.25) is 9.59 Å². The molecule has 112 heavy (non-hydrogen) atoms. The first kappa shape index (κ1) is 96.6. The number of carbonyl (C=O) groups is 2. The van der Waals surface area contributed by atoms with Gasteiger partial charge in [-0.05, 0) is 295 Å². The Bertz CT molecular complexity index is 4120. The maximum absolute atomic E-state index is 10.7. The summed E-state index contributed by atoms with van der Waals surface area (Å²) in [6, 6.07) is 33.3. The number of hydrogen-bond acceptors (Lipinski definition) is 2. The zero-order chi connectivity index (χ0) is 81.8. The van der Waals surface area contributed by atoms with Gasteiger partial charge >= 0.3 is 0 Å². The van der Waals surface area contributed by atoms with Crippen molar-refractivity contribution in [2.75, 3.05) is 6.16 Å². The Morgan fingerprint density at radius 3 is 0.759 bits per heavy atom. The van der Waals surface area contributed by atoms with E-state index in [9.17, 15) is 9.59 Å². The van der Waals surface area contributed by atoms with Crippen molar-refractivity contribution in [3.63, 3.8) is 0 Å². The molecule has 600 valence electrons. The van der Waals surface area contributed by atoms with Gasteiger partial charge in [0.15, 0.2) is 0 Å². The normalized spacial score (nSPS) is 19.9. The Hall–Kier alpha value is -7.81. The van der Waals surface area contributed by atoms with Gasteiger partial charge in [-0.2, -0.15) is 0 Å². The van der Waals surface area contributed by atoms with Crippen molar-refractivity contribution < 1.29 is 26.6 Å². The van der Waals surface area contributed by atoms with Gasteiger partial charge in [0.05, 0.1) is 6.16 Å². The van der Waals surface area contributed by atoms with Crippen LogP contribution in [0, 0.1) is 27.1 Å². The Kier molecular flexibility index (Phi) is 41.2. The van der Waals surface area contributed by atoms with Crippen molar-refractivity contribution in [3.05, 3.63) is 349 Å². The molecule has 0 atom stereocenters. The van der Waals surface area contributed by atoms with Crippen LogP contribution in [0.1, 0.15) is 256 Å². The number of allylic oxidation sites excluding steroid dienone is 44. The summed E-state index contributed by atoms with van der Waals surface area (Å²) in [5.41, 5.74) is 25.6. The summed E-state index contributed by atoms with van der Waals surface area (Å²) in [6.07, 6.45) is 78.1. The predicted octanol–water partition coefficient (Wildman–Crippen LogP) is 27.6. The lowest BCUT2D eigenvalue weighted by atomic mass is 9.72. The van der Waals surface area contributed by atoms with Crippen LogP contribution in [-0.4, -0.2) is 18.7 Å². The van der Waals surface area contributed by atoms with E-state index in [1.807, 2.05) is 19.1 Å². The Morgan fingerprint density at radius 2 is 0.527 bits per heavy atom. The van der Waals surface area contributed by atoms with E-state index in [0.29, 0.717) is 10.8 Å². The standard InChI is InChI=1S/C40H56.C38H44P.C20H28O.C10H16O.BrH/c1-31(19-13-21-33(3)25-27-37-35(5)23-15-29-39(37,7)8)17-11-12-18-32(2)20-14-22-34(4)26-28-38-36(6)24-16-30-40(38,9)10;1-31(26-27-37-33(3)19-16-29-38(37,4)5)17-15-18-32(2)28-30-39(34-20-9-6-10-21-34,35-22-11-7-12-23-35)36-24-13-8-14-25-36;1-16(8-6-9-17(2)13-15-21)11-12-19-18(3)10-7-14-20(19,4)5;1-8-5-4-6-10(2,3)9(8)7-11;/h11-14,17-22,25-28H,15-16,23-24,29-30H2,1-10H3;6-15,17-18,20-28H,16,19,29-30H2,1-5H3;6,8-9,11-13,15H,7,10,14H2,1-5H3;7H,4-6H2,1-3H3;1H/q;+1;;;/p-1/b12-11+,19-13+,20-14+,27-25+,28-26+,31-17+,32-18+,33-21-,34-22+;18-15+,27-26+,31-17-,32-28+;9-6+,12-11+,16-8+,17-13+;;. The van der Waals surface area contributed by atoms with E-state index >= 15 is 0 Å². The lowest BCUT2D eigenvalue weighted by Gasteiger charge is -2.33. The van der Waals surface area contributed by atoms with E-state index in [4.69, 9.17) is 0 Å². The van der Waals surface area contributed by atoms with Gasteiger partial charge in [0.25, 0.3) is 0 Å². The molecule has 0 saturated heterocycles. The molecule has 0 aromatic heterocycles. The maximum Gasteiger partial charge on any atom is 0.146 e. The van der Waals surface area contributed by atoms with Crippen molar-refractivity contribution in [1.82, 2.24) is 0 Å². The molecule has 5 aliphatic carbocycles. The number of halogens is 1. The van der Waals surface area contributed by atoms with Crippen LogP contribution in [0.25, 0.3) is 0 Å². The largest absolute Gasteiger partial charge is 1.00 e. The second kappa shape index (κ2) is 47.8. The summed E-state index contributed by atoms with van der Waals surface area (Å²) < 4.78 is 0. The molecule has 2 nitrogen and oxygen atoms in total. The SMILES string of the molecule is CC1=C(/C=C/C(C)=C/C=C/C(C)=C/C=O)C(C)(C)CCC1.CC1=C(/C=C/C(C)=C\C=C\C(C)=C\C=C\C=C(C)\C=C\C=C(C)\C=C\C2=C(C)CCCC2(C)C)C(C)(C)CCC1.CC1=C(/C=C/C(C)=C\C=C\C(C)=C\C[P+](c2ccccc2)(c2ccccc2)c2ccccc2)C(C)(C)CCC1.CC1=C(C=O)C(C)(C)CCC1.[Br-]. The summed E-state index contributed by atoms with van der Waals surface area (Å²) >= 11 is 0. The van der Waals surface area contributed by atoms with Gasteiger partial charge < -0.3 is 17.0 Å². The molecule has 0 spiro atoms. The predicted molar refractivity (Wildman–Crippen MR) is 496 cm³/mol. The van der Waals surface area contributed by atoms with E-state index in [0.717, 1.165) is 42.7 Å². The minimum atomic E-state index is -1.85. The zero-order valence-electron chi connectivity index (χ0n) is 73.8. The molecule has 0 fully saturated rings. The molecule has 4 heteroatoms. The lowest BCUT2D eigenvalue weighted by Crippen LogP contribution is -3.00. The second-order valence-electron chi connectivity index (χ2n) is 35.4. The first-order valence-electron chi connectivity index (χ1n) is 41.5. The number of carbonyl (C=O) groups excluding carboxylic acids is 2. The van der Waals surface area contributed by atoms with Gasteiger partial charge in [0, 0.05) is 0 Å². The maximum atomic E-state index is 10.7. The highest BCUT2D eigenvalue weighted by Gasteiger charge is 2.44. The molecule has 0 N–H and O–H groups in total. The highest BCUT2D eigenvalue weighted by atomic mass is 79.9. The first-order chi connectivity index (χ1) is 52.6. The smallest absolute Gasteiger partial charge is 0.146 e. The van der Waals surface area contributed by atoms with E-state index < -0.39 is 7.26 Å². The monoisotopic (exact) mass is 1580 g/mol. The lowest BCUT2D eigenvalue weighted by molar-refractivity contribution is -0.106. The van der Waals surface area contributed by atoms with Crippen LogP contribution in [0.2, 0.25) is 0 Å². The Balaban J connectivity index is 0.000000341. The second-order valence-corrected chi connectivity index (χ2v) is 38.9. The van der Waals surface area contributed by atoms with Gasteiger partial charge in [0.2, 0.25) is 0 Å². The van der Waals surface area contributed by atoms with Crippen LogP contribution in [0.3, 0.4) is 0 Å². The van der Waals surface area contributed by atoms with Crippen LogP contribution >= 0.6 is 7.26 Å². The molecule has 0 bridgehead atoms. The van der Waals surface area contributed by atoms with E-state index in [2.05, 4.69) is 383 Å². The average Bonchev–Trinajstić information content (AvgIpc) is 0.755. The fourth-order valence-corrected chi connectivity index (χ4v) is 20.4. The van der Waals surface area contributed by atoms with Crippen molar-refractivity contribution >= 4 is 35.7 Å². The van der Waals surface area contributed by atoms with Crippen molar-refractivity contribution in [3.8, 4) is 0 Å². The topological polar surface area (TPSA) is 34.1 Å². The fraction of sp³-hybridized carbons (Fsp3) is 0.407. The minimum absolute atomic E-state index is 0. The molecule has 0 heterocycles. The molecule has 0 aliphatic heterocycles. The van der Waals surface area contributed by atoms with E-state index in [1.165, 1.54) is 172 Å². The summed E-state index contributed by atoms with van der Waals surface area (Å²) in [5.74, 6) is 0. The molecule has 8 rings (SSSR count). The van der Waals surface area contributed by atoms with Gasteiger partial charge in [-0.25, -0.2) is 0 Å².